The molecular weight excluding hydrogens is 539 g/mol. The quantitative estimate of drug-likeness (QED) is 0.265. The number of likely N-dealkylation sites (tertiary alicyclic amines) is 1. The highest BCUT2D eigenvalue weighted by Crippen LogP contribution is 2.69. The Labute approximate surface area is 235 Å². The van der Waals surface area contributed by atoms with Gasteiger partial charge in [0, 0.05) is 5.69 Å². The molecule has 2 atom stereocenters. The minimum absolute atomic E-state index is 0.320. The van der Waals surface area contributed by atoms with E-state index in [9.17, 15) is 19.2 Å². The Bertz CT molecular complexity index is 1410. The van der Waals surface area contributed by atoms with Gasteiger partial charge in [0.1, 0.15) is 16.3 Å². The van der Waals surface area contributed by atoms with Gasteiger partial charge in [0.05, 0.1) is 24.0 Å². The van der Waals surface area contributed by atoms with Crippen LogP contribution >= 0.6 is 23.2 Å². The van der Waals surface area contributed by atoms with Gasteiger partial charge in [-0.1, -0.05) is 55.5 Å². The summed E-state index contributed by atoms with van der Waals surface area (Å²) in [6.07, 6.45) is 0.712. The monoisotopic (exact) mass is 562 g/mol. The average Bonchev–Trinajstić information content (AvgIpc) is 3.21. The first-order valence-corrected chi connectivity index (χ1v) is 13.5. The van der Waals surface area contributed by atoms with Crippen LogP contribution < -0.4 is 5.32 Å². The van der Waals surface area contributed by atoms with Crippen LogP contribution in [0.5, 0.6) is 0 Å². The van der Waals surface area contributed by atoms with Crippen molar-refractivity contribution in [3.05, 3.63) is 101 Å². The van der Waals surface area contributed by atoms with Crippen LogP contribution in [-0.2, 0) is 28.9 Å². The number of alkyl halides is 2. The molecule has 1 N–H and O–H groups in total. The number of amides is 3. The molecule has 0 saturated carbocycles. The molecule has 4 aliphatic rings. The summed E-state index contributed by atoms with van der Waals surface area (Å²) in [6, 6.07) is 20.9. The van der Waals surface area contributed by atoms with E-state index in [0.29, 0.717) is 46.5 Å². The highest BCUT2D eigenvalue weighted by Gasteiger charge is 2.73. The smallest absolute Gasteiger partial charge is 0.338 e. The second-order valence-corrected chi connectivity index (χ2v) is 11.2. The highest BCUT2D eigenvalue weighted by atomic mass is 35.5. The number of anilines is 1. The molecule has 1 saturated heterocycles. The molecule has 3 amide bonds. The van der Waals surface area contributed by atoms with E-state index in [-0.39, 0.29) is 0 Å². The zero-order valence-electron chi connectivity index (χ0n) is 20.9. The molecule has 0 spiro atoms. The number of hydrogen-bond acceptors (Lipinski definition) is 5. The van der Waals surface area contributed by atoms with Crippen LogP contribution in [0.3, 0.4) is 0 Å². The molecule has 3 aromatic rings. The lowest BCUT2D eigenvalue weighted by Gasteiger charge is -2.54. The highest BCUT2D eigenvalue weighted by molar-refractivity contribution is 6.36. The van der Waals surface area contributed by atoms with Gasteiger partial charge in [-0.3, -0.25) is 19.3 Å². The first kappa shape index (κ1) is 25.6. The number of hydrogen-bond donors (Lipinski definition) is 1. The van der Waals surface area contributed by atoms with Crippen LogP contribution in [0.1, 0.15) is 46.0 Å². The number of esters is 1. The summed E-state index contributed by atoms with van der Waals surface area (Å²) in [4.78, 5) is 51.0. The number of ether oxygens (including phenoxy) is 1. The molecular formula is C30H24Cl2N2O5. The maximum Gasteiger partial charge on any atom is 0.338 e. The van der Waals surface area contributed by atoms with Crippen molar-refractivity contribution in [1.29, 1.82) is 0 Å². The fraction of sp³-hybridized carbons (Fsp3) is 0.267. The van der Waals surface area contributed by atoms with Crippen LogP contribution in [0.15, 0.2) is 72.8 Å². The third-order valence-electron chi connectivity index (χ3n) is 7.82. The lowest BCUT2D eigenvalue weighted by Crippen LogP contribution is -2.57. The van der Waals surface area contributed by atoms with Gasteiger partial charge < -0.3 is 10.1 Å². The predicted octanol–water partition coefficient (Wildman–Crippen LogP) is 4.79. The van der Waals surface area contributed by atoms with Gasteiger partial charge in [-0.2, -0.15) is 0 Å². The fourth-order valence-corrected chi connectivity index (χ4v) is 7.29. The molecule has 0 unspecified atom stereocenters. The van der Waals surface area contributed by atoms with Gasteiger partial charge in [-0.25, -0.2) is 4.79 Å². The third kappa shape index (κ3) is 3.56. The van der Waals surface area contributed by atoms with Crippen LogP contribution in [0.4, 0.5) is 5.69 Å². The maximum atomic E-state index is 13.8. The van der Waals surface area contributed by atoms with Gasteiger partial charge in [0.15, 0.2) is 0 Å². The lowest BCUT2D eigenvalue weighted by atomic mass is 9.54. The average molecular weight is 563 g/mol. The number of carbonyl (C=O) groups excluding carboxylic acids is 4. The predicted molar refractivity (Wildman–Crippen MR) is 145 cm³/mol. The van der Waals surface area contributed by atoms with E-state index in [0.717, 1.165) is 4.90 Å². The van der Waals surface area contributed by atoms with Gasteiger partial charge >= 0.3 is 5.97 Å². The van der Waals surface area contributed by atoms with Gasteiger partial charge in [0.25, 0.3) is 0 Å². The number of imide groups is 1. The van der Waals surface area contributed by atoms with E-state index >= 15 is 0 Å². The number of carbonyl (C=O) groups is 4. The number of halogens is 2. The van der Waals surface area contributed by atoms with Crippen molar-refractivity contribution in [2.75, 3.05) is 18.5 Å². The summed E-state index contributed by atoms with van der Waals surface area (Å²) in [6.45, 7) is 1.73. The van der Waals surface area contributed by atoms with Gasteiger partial charge in [-0.05, 0) is 52.9 Å². The third-order valence-corrected chi connectivity index (χ3v) is 9.10. The van der Waals surface area contributed by atoms with E-state index in [4.69, 9.17) is 27.9 Å². The summed E-state index contributed by atoms with van der Waals surface area (Å²) in [5, 5.41) is 2.69. The largest absolute Gasteiger partial charge is 0.462 e. The SMILES string of the molecule is CCCOC(=O)c1ccc(NC(=O)CN2C(=O)[C@H]3[C@H](C2=O)C2(Cl)c4ccccc4C3(Cl)c3ccccc32)cc1. The first-order valence-electron chi connectivity index (χ1n) is 12.7. The lowest BCUT2D eigenvalue weighted by molar-refractivity contribution is -0.142. The number of rotatable bonds is 6. The summed E-state index contributed by atoms with van der Waals surface area (Å²) < 4.78 is 5.11. The summed E-state index contributed by atoms with van der Waals surface area (Å²) in [7, 11) is 0. The molecule has 2 bridgehead atoms. The zero-order valence-corrected chi connectivity index (χ0v) is 22.5. The van der Waals surface area contributed by atoms with E-state index in [1.165, 1.54) is 12.1 Å². The molecule has 1 fully saturated rings. The standard InChI is InChI=1S/C30H24Cl2N2O5/c1-2-15-39-28(38)17-11-13-18(14-12-17)33-23(35)16-34-26(36)24-25(27(34)37)30(32)20-8-4-3-7-19(20)29(24,31)21-9-5-6-10-22(21)30/h3-14,24-25H,2,15-16H2,1H3,(H,33,35)/t24-,25-,29?,30?/m1/s1. The molecule has 7 nitrogen and oxygen atoms in total. The molecule has 1 heterocycles. The first-order chi connectivity index (χ1) is 18.7. The van der Waals surface area contributed by atoms with Crippen molar-refractivity contribution in [1.82, 2.24) is 4.90 Å². The minimum atomic E-state index is -1.30. The maximum absolute atomic E-state index is 13.8. The molecule has 9 heteroatoms. The number of nitrogens with zero attached hydrogens (tertiary/aromatic N) is 1. The number of benzene rings is 3. The van der Waals surface area contributed by atoms with E-state index in [1.54, 1.807) is 12.1 Å². The van der Waals surface area contributed by atoms with Crippen molar-refractivity contribution in [2.24, 2.45) is 11.8 Å². The van der Waals surface area contributed by atoms with Crippen molar-refractivity contribution in [2.45, 2.75) is 23.1 Å². The Morgan fingerprint density at radius 1 is 0.821 bits per heavy atom. The van der Waals surface area contributed by atoms with Crippen molar-refractivity contribution >= 4 is 52.6 Å². The Kier molecular flexibility index (Phi) is 6.04. The minimum Gasteiger partial charge on any atom is -0.462 e. The zero-order chi connectivity index (χ0) is 27.5. The van der Waals surface area contributed by atoms with Crippen molar-refractivity contribution < 1.29 is 23.9 Å². The summed E-state index contributed by atoms with van der Waals surface area (Å²) in [5.41, 5.74) is 3.56. The second kappa shape index (κ2) is 9.21. The van der Waals surface area contributed by atoms with Crippen LogP contribution in [0.25, 0.3) is 0 Å². The molecule has 1 aliphatic heterocycles. The molecule has 39 heavy (non-hydrogen) atoms. The summed E-state index contributed by atoms with van der Waals surface area (Å²) >= 11 is 14.8. The molecule has 0 aromatic heterocycles. The van der Waals surface area contributed by atoms with Gasteiger partial charge in [0.2, 0.25) is 17.7 Å². The summed E-state index contributed by atoms with van der Waals surface area (Å²) in [5.74, 6) is -4.00. The van der Waals surface area contributed by atoms with Crippen molar-refractivity contribution in [3.63, 3.8) is 0 Å². The van der Waals surface area contributed by atoms with Crippen molar-refractivity contribution in [3.8, 4) is 0 Å². The number of nitrogens with one attached hydrogen (secondary N) is 1. The van der Waals surface area contributed by atoms with E-state index in [2.05, 4.69) is 5.32 Å². The normalized spacial score (nSPS) is 26.1. The molecule has 3 aliphatic carbocycles. The molecule has 0 radical (unpaired) electrons. The molecule has 198 valence electrons. The molecule has 3 aromatic carbocycles. The second-order valence-electron chi connectivity index (χ2n) is 9.99. The van der Waals surface area contributed by atoms with E-state index < -0.39 is 51.8 Å². The molecule has 7 rings (SSSR count). The Balaban J connectivity index is 1.28. The van der Waals surface area contributed by atoms with Crippen LogP contribution in [0, 0.1) is 11.8 Å². The topological polar surface area (TPSA) is 92.8 Å². The Morgan fingerprint density at radius 3 is 1.72 bits per heavy atom. The van der Waals surface area contributed by atoms with Crippen LogP contribution in [0.2, 0.25) is 0 Å². The Hall–Kier alpha value is -3.68. The fourth-order valence-electron chi connectivity index (χ4n) is 6.19. The Morgan fingerprint density at radius 2 is 1.28 bits per heavy atom. The van der Waals surface area contributed by atoms with E-state index in [1.807, 2.05) is 55.5 Å². The van der Waals surface area contributed by atoms with Crippen LogP contribution in [-0.4, -0.2) is 41.7 Å². The van der Waals surface area contributed by atoms with Gasteiger partial charge in [-0.15, -0.1) is 23.2 Å².